The molecule has 0 bridgehead atoms. The van der Waals surface area contributed by atoms with Gasteiger partial charge in [0.05, 0.1) is 21.1 Å². The van der Waals surface area contributed by atoms with E-state index in [-0.39, 0.29) is 21.1 Å². The summed E-state index contributed by atoms with van der Waals surface area (Å²) in [6.45, 7) is 0. The molecule has 0 aliphatic carbocycles. The van der Waals surface area contributed by atoms with Gasteiger partial charge in [0.15, 0.2) is 5.82 Å². The zero-order chi connectivity index (χ0) is 14.6. The molecule has 1 heterocycles. The Morgan fingerprint density at radius 2 is 1.68 bits per heavy atom. The van der Waals surface area contributed by atoms with Crippen LogP contribution in [0, 0.1) is 0 Å². The van der Waals surface area contributed by atoms with Crippen molar-refractivity contribution >= 4 is 34.2 Å². The van der Waals surface area contributed by atoms with E-state index in [1.807, 2.05) is 0 Å². The second-order valence-electron chi connectivity index (χ2n) is 3.92. The van der Waals surface area contributed by atoms with Gasteiger partial charge in [-0.25, -0.2) is 4.98 Å². The number of imidazole rings is 1. The highest BCUT2D eigenvalue weighted by Gasteiger charge is 2.57. The molecule has 9 heteroatoms. The molecule has 4 nitrogen and oxygen atoms in total. The van der Waals surface area contributed by atoms with Gasteiger partial charge >= 0.3 is 12.0 Å². The van der Waals surface area contributed by atoms with Crippen molar-refractivity contribution in [2.24, 2.45) is 7.05 Å². The van der Waals surface area contributed by atoms with Crippen molar-refractivity contribution in [1.29, 1.82) is 0 Å². The summed E-state index contributed by atoms with van der Waals surface area (Å²) in [6, 6.07) is 2.54. The fourth-order valence-electron chi connectivity index (χ4n) is 1.63. The molecule has 1 aromatic heterocycles. The minimum Gasteiger partial charge on any atom is -0.353 e. The maximum Gasteiger partial charge on any atom is 0.451 e. The van der Waals surface area contributed by atoms with Crippen LogP contribution in [0.5, 0.6) is 0 Å². The summed E-state index contributed by atoms with van der Waals surface area (Å²) in [4.78, 5) is 3.55. The van der Waals surface area contributed by atoms with Crippen LogP contribution in [0.2, 0.25) is 10.0 Å². The smallest absolute Gasteiger partial charge is 0.353 e. The SMILES string of the molecule is Cn1c(C(O)(O)C(F)(F)F)nc2cc(Cl)c(Cl)cc21. The summed E-state index contributed by atoms with van der Waals surface area (Å²) in [5.41, 5.74) is 0.268. The van der Waals surface area contributed by atoms with Crippen LogP contribution in [-0.2, 0) is 12.8 Å². The van der Waals surface area contributed by atoms with Gasteiger partial charge < -0.3 is 14.8 Å². The zero-order valence-electron chi connectivity index (χ0n) is 9.33. The summed E-state index contributed by atoms with van der Waals surface area (Å²) in [7, 11) is 1.21. The molecule has 0 aliphatic heterocycles. The summed E-state index contributed by atoms with van der Waals surface area (Å²) in [6.07, 6.45) is -5.28. The first-order valence-electron chi connectivity index (χ1n) is 4.89. The summed E-state index contributed by atoms with van der Waals surface area (Å²) < 4.78 is 38.6. The summed E-state index contributed by atoms with van der Waals surface area (Å²) in [5.74, 6) is -5.02. The Bertz CT molecular complexity index is 652. The molecule has 0 radical (unpaired) electrons. The first-order chi connectivity index (χ1) is 8.55. The number of nitrogens with zero attached hydrogens (tertiary/aromatic N) is 2. The van der Waals surface area contributed by atoms with Crippen LogP contribution < -0.4 is 0 Å². The molecule has 0 spiro atoms. The Morgan fingerprint density at radius 1 is 1.16 bits per heavy atom. The van der Waals surface area contributed by atoms with Crippen LogP contribution in [-0.4, -0.2) is 25.9 Å². The average molecular weight is 315 g/mol. The van der Waals surface area contributed by atoms with Gasteiger partial charge in [0, 0.05) is 7.05 Å². The first-order valence-corrected chi connectivity index (χ1v) is 5.64. The molecular weight excluding hydrogens is 308 g/mol. The molecule has 0 atom stereocenters. The van der Waals surface area contributed by atoms with Gasteiger partial charge in [0.2, 0.25) is 0 Å². The Morgan fingerprint density at radius 3 is 2.21 bits per heavy atom. The molecule has 0 fully saturated rings. The lowest BCUT2D eigenvalue weighted by Crippen LogP contribution is -2.44. The minimum absolute atomic E-state index is 0.0728. The molecule has 2 aromatic rings. The number of aliphatic hydroxyl groups is 2. The van der Waals surface area contributed by atoms with E-state index in [0.29, 0.717) is 0 Å². The standard InChI is InChI=1S/C10H7Cl2F3N2O2/c1-17-7-3-5(12)4(11)2-6(7)16-8(17)9(18,19)10(13,14)15/h2-3,18-19H,1H3. The van der Waals surface area contributed by atoms with Crippen molar-refractivity contribution in [2.45, 2.75) is 12.0 Å². The summed E-state index contributed by atoms with van der Waals surface area (Å²) in [5, 5.41) is 18.7. The van der Waals surface area contributed by atoms with Crippen molar-refractivity contribution in [2.75, 3.05) is 0 Å². The van der Waals surface area contributed by atoms with Crippen molar-refractivity contribution in [3.8, 4) is 0 Å². The number of halogens is 5. The molecule has 0 aliphatic rings. The number of hydrogen-bond acceptors (Lipinski definition) is 3. The molecule has 0 saturated carbocycles. The first kappa shape index (κ1) is 14.4. The lowest BCUT2D eigenvalue weighted by Gasteiger charge is -2.23. The van der Waals surface area contributed by atoms with E-state index in [9.17, 15) is 23.4 Å². The topological polar surface area (TPSA) is 58.3 Å². The number of aryl methyl sites for hydroxylation is 1. The number of aromatic nitrogens is 2. The van der Waals surface area contributed by atoms with E-state index < -0.39 is 17.8 Å². The van der Waals surface area contributed by atoms with Crippen molar-refractivity contribution in [3.63, 3.8) is 0 Å². The van der Waals surface area contributed by atoms with E-state index in [0.717, 1.165) is 4.57 Å². The molecule has 0 amide bonds. The van der Waals surface area contributed by atoms with E-state index in [1.165, 1.54) is 19.2 Å². The van der Waals surface area contributed by atoms with Crippen molar-refractivity contribution in [3.05, 3.63) is 28.0 Å². The molecule has 104 valence electrons. The molecule has 2 rings (SSSR count). The molecule has 0 saturated heterocycles. The Hall–Kier alpha value is -1.02. The van der Waals surface area contributed by atoms with Gasteiger partial charge in [-0.05, 0) is 12.1 Å². The number of alkyl halides is 3. The third-order valence-electron chi connectivity index (χ3n) is 2.63. The highest BCUT2D eigenvalue weighted by molar-refractivity contribution is 6.42. The third kappa shape index (κ3) is 2.16. The normalized spacial score (nSPS) is 13.3. The maximum atomic E-state index is 12.6. The van der Waals surface area contributed by atoms with E-state index >= 15 is 0 Å². The van der Waals surface area contributed by atoms with Crippen LogP contribution >= 0.6 is 23.2 Å². The van der Waals surface area contributed by atoms with Crippen LogP contribution in [0.25, 0.3) is 11.0 Å². The maximum absolute atomic E-state index is 12.6. The van der Waals surface area contributed by atoms with Gasteiger partial charge in [-0.15, -0.1) is 0 Å². The predicted molar refractivity (Wildman–Crippen MR) is 62.9 cm³/mol. The van der Waals surface area contributed by atoms with Crippen molar-refractivity contribution in [1.82, 2.24) is 9.55 Å². The number of benzene rings is 1. The number of fused-ring (bicyclic) bond motifs is 1. The van der Waals surface area contributed by atoms with Gasteiger partial charge in [-0.2, -0.15) is 13.2 Å². The van der Waals surface area contributed by atoms with Crippen LogP contribution in [0.3, 0.4) is 0 Å². The van der Waals surface area contributed by atoms with Crippen LogP contribution in [0.15, 0.2) is 12.1 Å². The van der Waals surface area contributed by atoms with E-state index in [4.69, 9.17) is 23.2 Å². The largest absolute Gasteiger partial charge is 0.451 e. The Labute approximate surface area is 115 Å². The Balaban J connectivity index is 2.74. The fourth-order valence-corrected chi connectivity index (χ4v) is 1.94. The third-order valence-corrected chi connectivity index (χ3v) is 3.35. The predicted octanol–water partition coefficient (Wildman–Crippen LogP) is 2.58. The Kier molecular flexibility index (Phi) is 3.21. The van der Waals surface area contributed by atoms with Gasteiger partial charge in [0.25, 0.3) is 0 Å². The number of rotatable bonds is 1. The molecule has 2 N–H and O–H groups in total. The average Bonchev–Trinajstić information content (AvgIpc) is 2.56. The minimum atomic E-state index is -5.28. The zero-order valence-corrected chi connectivity index (χ0v) is 10.8. The highest BCUT2D eigenvalue weighted by Crippen LogP contribution is 2.38. The second kappa shape index (κ2) is 4.24. The molecule has 1 aromatic carbocycles. The lowest BCUT2D eigenvalue weighted by molar-refractivity contribution is -0.362. The quantitative estimate of drug-likeness (QED) is 0.795. The van der Waals surface area contributed by atoms with Gasteiger partial charge in [-0.1, -0.05) is 23.2 Å². The van der Waals surface area contributed by atoms with E-state index in [1.54, 1.807) is 0 Å². The van der Waals surface area contributed by atoms with Gasteiger partial charge in [-0.3, -0.25) is 0 Å². The fraction of sp³-hybridized carbons (Fsp3) is 0.300. The molecular formula is C10H7Cl2F3N2O2. The van der Waals surface area contributed by atoms with Crippen LogP contribution in [0.1, 0.15) is 5.82 Å². The molecule has 19 heavy (non-hydrogen) atoms. The molecule has 0 unspecified atom stereocenters. The van der Waals surface area contributed by atoms with E-state index in [2.05, 4.69) is 4.98 Å². The van der Waals surface area contributed by atoms with Crippen molar-refractivity contribution < 1.29 is 23.4 Å². The highest BCUT2D eigenvalue weighted by atomic mass is 35.5. The second-order valence-corrected chi connectivity index (χ2v) is 4.73. The lowest BCUT2D eigenvalue weighted by atomic mass is 10.2. The van der Waals surface area contributed by atoms with Crippen LogP contribution in [0.4, 0.5) is 13.2 Å². The number of hydrogen-bond donors (Lipinski definition) is 2. The summed E-state index contributed by atoms with van der Waals surface area (Å²) >= 11 is 11.5. The van der Waals surface area contributed by atoms with Gasteiger partial charge in [0.1, 0.15) is 0 Å². The monoisotopic (exact) mass is 314 g/mol.